The van der Waals surface area contributed by atoms with Gasteiger partial charge in [-0.05, 0) is 19.4 Å². The highest BCUT2D eigenvalue weighted by Crippen LogP contribution is 2.40. The van der Waals surface area contributed by atoms with Crippen LogP contribution in [0.3, 0.4) is 0 Å². The molecule has 0 spiro atoms. The van der Waals surface area contributed by atoms with Gasteiger partial charge in [-0.2, -0.15) is 13.2 Å². The van der Waals surface area contributed by atoms with Gasteiger partial charge in [0.15, 0.2) is 5.60 Å². The van der Waals surface area contributed by atoms with E-state index in [1.54, 1.807) is 13.3 Å². The van der Waals surface area contributed by atoms with Crippen LogP contribution in [0.5, 0.6) is 0 Å². The van der Waals surface area contributed by atoms with Crippen LogP contribution in [0.2, 0.25) is 0 Å². The first kappa shape index (κ1) is 24.0. The predicted molar refractivity (Wildman–Crippen MR) is 99.8 cm³/mol. The van der Waals surface area contributed by atoms with Crippen molar-refractivity contribution in [1.82, 2.24) is 4.90 Å². The summed E-state index contributed by atoms with van der Waals surface area (Å²) in [5.74, 6) is -0.896. The molecule has 0 aliphatic rings. The molecule has 2 unspecified atom stereocenters. The van der Waals surface area contributed by atoms with Gasteiger partial charge < -0.3 is 14.7 Å². The predicted octanol–water partition coefficient (Wildman–Crippen LogP) is 4.46. The number of aliphatic hydroxyl groups is 1. The van der Waals surface area contributed by atoms with Gasteiger partial charge in [0, 0.05) is 32.0 Å². The number of hydrogen-bond acceptors (Lipinski definition) is 3. The van der Waals surface area contributed by atoms with E-state index in [0.29, 0.717) is 23.6 Å². The van der Waals surface area contributed by atoms with Crippen molar-refractivity contribution in [2.24, 2.45) is 10.9 Å². The fourth-order valence-electron chi connectivity index (χ4n) is 2.08. The van der Waals surface area contributed by atoms with Crippen LogP contribution in [0.15, 0.2) is 53.4 Å². The number of rotatable bonds is 10. The van der Waals surface area contributed by atoms with Crippen molar-refractivity contribution < 1.29 is 23.0 Å². The lowest BCUT2D eigenvalue weighted by atomic mass is 9.83. The van der Waals surface area contributed by atoms with E-state index >= 15 is 0 Å². The van der Waals surface area contributed by atoms with Crippen molar-refractivity contribution in [2.75, 3.05) is 20.7 Å². The maximum atomic E-state index is 13.3. The van der Waals surface area contributed by atoms with Gasteiger partial charge in [-0.1, -0.05) is 25.7 Å². The molecule has 1 N–H and O–H groups in total. The van der Waals surface area contributed by atoms with Gasteiger partial charge in [0.25, 0.3) is 0 Å². The lowest BCUT2D eigenvalue weighted by molar-refractivity contribution is -0.271. The van der Waals surface area contributed by atoms with Gasteiger partial charge in [-0.3, -0.25) is 0 Å². The lowest BCUT2D eigenvalue weighted by Gasteiger charge is -2.34. The van der Waals surface area contributed by atoms with Crippen LogP contribution in [0.25, 0.3) is 0 Å². The number of allylic oxidation sites excluding steroid dienone is 2. The first-order valence-electron chi connectivity index (χ1n) is 8.20. The molecule has 4 nitrogen and oxygen atoms in total. The number of nitrogens with zero attached hydrogens (tertiary/aromatic N) is 2. The number of halogens is 3. The SMILES string of the molecule is C=CCC(O)(C(C)/C=C(C)\C(=C/C(=C)OC)N=CN(C)CC)C(F)(F)F. The van der Waals surface area contributed by atoms with E-state index in [1.807, 2.05) is 18.9 Å². The maximum Gasteiger partial charge on any atom is 0.418 e. The van der Waals surface area contributed by atoms with Gasteiger partial charge in [0.2, 0.25) is 0 Å². The van der Waals surface area contributed by atoms with Gasteiger partial charge in [0.05, 0.1) is 19.1 Å². The molecule has 0 rings (SSSR count). The number of methoxy groups -OCH3 is 1. The van der Waals surface area contributed by atoms with E-state index in [9.17, 15) is 18.3 Å². The Morgan fingerprint density at radius 1 is 1.38 bits per heavy atom. The van der Waals surface area contributed by atoms with E-state index in [-0.39, 0.29) is 0 Å². The molecule has 0 aliphatic carbocycles. The maximum absolute atomic E-state index is 13.3. The van der Waals surface area contributed by atoms with Crippen LogP contribution in [-0.4, -0.2) is 48.8 Å². The molecule has 2 atom stereocenters. The second-order valence-electron chi connectivity index (χ2n) is 6.07. The highest BCUT2D eigenvalue weighted by molar-refractivity contribution is 5.58. The zero-order valence-corrected chi connectivity index (χ0v) is 16.1. The van der Waals surface area contributed by atoms with Crippen molar-refractivity contribution in [3.05, 3.63) is 48.4 Å². The summed E-state index contributed by atoms with van der Waals surface area (Å²) in [5, 5.41) is 10.2. The topological polar surface area (TPSA) is 45.1 Å². The molecule has 0 aliphatic heterocycles. The molecular formula is C19H29F3N2O2. The standard InChI is InChI=1S/C19H29F3N2O2/c1-8-10-18(25,19(20,21)22)15(4)11-14(3)17(12-16(5)26-7)23-13-24(6)9-2/h8,11-13,15,25H,1,5,9-10H2,2-4,6-7H3/b14-11-,17-12+,23-13?. The zero-order chi connectivity index (χ0) is 20.5. The smallest absolute Gasteiger partial charge is 0.418 e. The number of hydrogen-bond donors (Lipinski definition) is 1. The highest BCUT2D eigenvalue weighted by Gasteiger charge is 2.55. The molecule has 0 saturated heterocycles. The van der Waals surface area contributed by atoms with E-state index < -0.39 is 24.1 Å². The summed E-state index contributed by atoms with van der Waals surface area (Å²) in [7, 11) is 3.26. The van der Waals surface area contributed by atoms with E-state index in [1.165, 1.54) is 26.2 Å². The number of aliphatic imine (C=N–C) groups is 1. The minimum absolute atomic E-state index is 0.314. The van der Waals surface area contributed by atoms with Crippen molar-refractivity contribution in [3.63, 3.8) is 0 Å². The van der Waals surface area contributed by atoms with Crippen LogP contribution in [0.4, 0.5) is 13.2 Å². The van der Waals surface area contributed by atoms with Crippen LogP contribution in [0.1, 0.15) is 27.2 Å². The highest BCUT2D eigenvalue weighted by atomic mass is 19.4. The Hall–Kier alpha value is -2.02. The minimum Gasteiger partial charge on any atom is -0.497 e. The van der Waals surface area contributed by atoms with Gasteiger partial charge >= 0.3 is 6.18 Å². The minimum atomic E-state index is -4.79. The second kappa shape index (κ2) is 10.2. The van der Waals surface area contributed by atoms with Crippen LogP contribution in [0, 0.1) is 5.92 Å². The quantitative estimate of drug-likeness (QED) is 0.202. The summed E-state index contributed by atoms with van der Waals surface area (Å²) in [6.45, 7) is 12.6. The Kier molecular flexibility index (Phi) is 9.41. The van der Waals surface area contributed by atoms with Gasteiger partial charge in [-0.15, -0.1) is 6.58 Å². The summed E-state index contributed by atoms with van der Waals surface area (Å²) in [6.07, 6.45) is 0.103. The fourth-order valence-corrected chi connectivity index (χ4v) is 2.08. The molecule has 0 amide bonds. The monoisotopic (exact) mass is 374 g/mol. The third kappa shape index (κ3) is 6.71. The van der Waals surface area contributed by atoms with E-state index in [2.05, 4.69) is 18.2 Å². The first-order valence-corrected chi connectivity index (χ1v) is 8.20. The molecule has 0 heterocycles. The average Bonchev–Trinajstić information content (AvgIpc) is 2.56. The molecule has 0 aromatic rings. The van der Waals surface area contributed by atoms with Crippen LogP contribution >= 0.6 is 0 Å². The molecule has 0 bridgehead atoms. The molecule has 0 radical (unpaired) electrons. The zero-order valence-electron chi connectivity index (χ0n) is 16.1. The largest absolute Gasteiger partial charge is 0.497 e. The second-order valence-corrected chi connectivity index (χ2v) is 6.07. The molecule has 0 fully saturated rings. The normalized spacial score (nSPS) is 17.0. The van der Waals surface area contributed by atoms with Crippen molar-refractivity contribution in [3.8, 4) is 0 Å². The van der Waals surface area contributed by atoms with Crippen LogP contribution < -0.4 is 0 Å². The average molecular weight is 374 g/mol. The van der Waals surface area contributed by atoms with E-state index in [0.717, 1.165) is 6.08 Å². The summed E-state index contributed by atoms with van der Waals surface area (Å²) in [6, 6.07) is 0. The van der Waals surface area contributed by atoms with Crippen LogP contribution in [-0.2, 0) is 4.74 Å². The fraction of sp³-hybridized carbons (Fsp3) is 0.526. The number of alkyl halides is 3. The van der Waals surface area contributed by atoms with Crippen molar-refractivity contribution in [2.45, 2.75) is 39.0 Å². The molecule has 148 valence electrons. The summed E-state index contributed by atoms with van der Waals surface area (Å²) >= 11 is 0. The third-order valence-electron chi connectivity index (χ3n) is 4.06. The van der Waals surface area contributed by atoms with Gasteiger partial charge in [-0.25, -0.2) is 4.99 Å². The Balaban J connectivity index is 5.90. The molecule has 0 saturated carbocycles. The number of ether oxygens (including phenoxy) is 1. The molecule has 0 aromatic carbocycles. The van der Waals surface area contributed by atoms with Gasteiger partial charge in [0.1, 0.15) is 5.76 Å². The van der Waals surface area contributed by atoms with E-state index in [4.69, 9.17) is 4.74 Å². The summed E-state index contributed by atoms with van der Waals surface area (Å²) in [5.41, 5.74) is -2.04. The Bertz CT molecular complexity index is 580. The Morgan fingerprint density at radius 3 is 2.38 bits per heavy atom. The summed E-state index contributed by atoms with van der Waals surface area (Å²) in [4.78, 5) is 6.10. The summed E-state index contributed by atoms with van der Waals surface area (Å²) < 4.78 is 45.0. The molecule has 0 aromatic heterocycles. The van der Waals surface area contributed by atoms with Crippen molar-refractivity contribution >= 4 is 6.34 Å². The Morgan fingerprint density at radius 2 is 1.96 bits per heavy atom. The first-order chi connectivity index (χ1) is 11.9. The Labute approximate surface area is 154 Å². The molecular weight excluding hydrogens is 345 g/mol. The molecule has 7 heteroatoms. The third-order valence-corrected chi connectivity index (χ3v) is 4.06. The van der Waals surface area contributed by atoms with Crippen molar-refractivity contribution in [1.29, 1.82) is 0 Å². The lowest BCUT2D eigenvalue weighted by Crippen LogP contribution is -2.49. The molecule has 26 heavy (non-hydrogen) atoms.